The predicted octanol–water partition coefficient (Wildman–Crippen LogP) is 5.90. The van der Waals surface area contributed by atoms with Crippen molar-refractivity contribution in [3.63, 3.8) is 0 Å². The Bertz CT molecular complexity index is 1310. The average Bonchev–Trinajstić information content (AvgIpc) is 3.35. The zero-order valence-electron chi connectivity index (χ0n) is 18.9. The first kappa shape index (κ1) is 23.8. The highest BCUT2D eigenvalue weighted by molar-refractivity contribution is 6.01. The summed E-state index contributed by atoms with van der Waals surface area (Å²) in [7, 11) is 1.31. The third-order valence-electron chi connectivity index (χ3n) is 5.45. The Morgan fingerprint density at radius 3 is 2.34 bits per heavy atom. The molecular weight excluding hydrogens is 459 g/mol. The molecule has 0 spiro atoms. The van der Waals surface area contributed by atoms with Crippen LogP contribution in [0, 0.1) is 6.92 Å². The first-order valence-corrected chi connectivity index (χ1v) is 10.6. The lowest BCUT2D eigenvalue weighted by atomic mass is 9.97. The molecule has 0 aliphatic heterocycles. The molecule has 0 aliphatic carbocycles. The molecule has 0 fully saturated rings. The van der Waals surface area contributed by atoms with E-state index in [9.17, 15) is 18.0 Å². The third-order valence-corrected chi connectivity index (χ3v) is 5.45. The van der Waals surface area contributed by atoms with Gasteiger partial charge in [-0.25, -0.2) is 9.78 Å². The number of nitrogens with one attached hydrogen (secondary N) is 2. The van der Waals surface area contributed by atoms with Crippen molar-refractivity contribution >= 4 is 17.4 Å². The van der Waals surface area contributed by atoms with Gasteiger partial charge >= 0.3 is 12.2 Å². The van der Waals surface area contributed by atoms with Crippen LogP contribution in [0.15, 0.2) is 79.6 Å². The number of pyridine rings is 1. The molecule has 4 rings (SSSR count). The van der Waals surface area contributed by atoms with Gasteiger partial charge in [-0.3, -0.25) is 4.98 Å². The predicted molar refractivity (Wildman–Crippen MR) is 126 cm³/mol. The van der Waals surface area contributed by atoms with E-state index in [2.05, 4.69) is 20.6 Å². The summed E-state index contributed by atoms with van der Waals surface area (Å²) in [6.07, 6.45) is 4.05. The molecule has 0 aliphatic rings. The van der Waals surface area contributed by atoms with Crippen LogP contribution in [0.5, 0.6) is 5.75 Å². The van der Waals surface area contributed by atoms with Crippen LogP contribution in [0.2, 0.25) is 0 Å². The SMILES string of the molecule is COc1ccc(C(F)(F)F)cc1NC(=O)Nc1cc(C(c2ccncc2)n2ccnc2)ccc1C. The number of aryl methyl sites for hydroxylation is 1. The first-order chi connectivity index (χ1) is 16.8. The third kappa shape index (κ3) is 5.43. The van der Waals surface area contributed by atoms with Crippen LogP contribution in [0.3, 0.4) is 0 Å². The standard InChI is InChI=1S/C25H22F3N5O2/c1-16-3-4-18(23(33-12-11-30-15-33)17-7-9-29-10-8-17)13-20(16)31-24(34)32-21-14-19(25(26,27)28)5-6-22(21)35-2/h3-15,23H,1-2H3,(H2,31,32,34). The largest absolute Gasteiger partial charge is 0.495 e. The van der Waals surface area contributed by atoms with Gasteiger partial charge < -0.3 is 19.9 Å². The molecule has 35 heavy (non-hydrogen) atoms. The lowest BCUT2D eigenvalue weighted by Gasteiger charge is -2.21. The lowest BCUT2D eigenvalue weighted by molar-refractivity contribution is -0.137. The Morgan fingerprint density at radius 1 is 0.943 bits per heavy atom. The number of anilines is 2. The number of nitrogens with zero attached hydrogens (tertiary/aromatic N) is 3. The van der Waals surface area contributed by atoms with Gasteiger partial charge in [0.2, 0.25) is 0 Å². The number of aromatic nitrogens is 3. The zero-order chi connectivity index (χ0) is 25.0. The second-order valence-electron chi connectivity index (χ2n) is 7.76. The minimum absolute atomic E-state index is 0.0956. The van der Waals surface area contributed by atoms with E-state index in [0.29, 0.717) is 5.69 Å². The highest BCUT2D eigenvalue weighted by Gasteiger charge is 2.31. The van der Waals surface area contributed by atoms with Gasteiger partial charge in [0.15, 0.2) is 0 Å². The fourth-order valence-corrected chi connectivity index (χ4v) is 3.71. The minimum Gasteiger partial charge on any atom is -0.495 e. The molecule has 2 N–H and O–H groups in total. The van der Waals surface area contributed by atoms with E-state index in [0.717, 1.165) is 34.9 Å². The quantitative estimate of drug-likeness (QED) is 0.360. The summed E-state index contributed by atoms with van der Waals surface area (Å²) in [5, 5.41) is 5.20. The fraction of sp³-hybridized carbons (Fsp3) is 0.160. The van der Waals surface area contributed by atoms with Gasteiger partial charge in [-0.15, -0.1) is 0 Å². The normalized spacial score (nSPS) is 12.1. The second kappa shape index (κ2) is 9.88. The molecule has 0 saturated carbocycles. The van der Waals surface area contributed by atoms with Crippen LogP contribution < -0.4 is 15.4 Å². The number of hydrogen-bond acceptors (Lipinski definition) is 4. The smallest absolute Gasteiger partial charge is 0.416 e. The molecule has 180 valence electrons. The van der Waals surface area contributed by atoms with Crippen molar-refractivity contribution in [3.05, 3.63) is 102 Å². The second-order valence-corrected chi connectivity index (χ2v) is 7.76. The molecule has 4 aromatic rings. The van der Waals surface area contributed by atoms with Gasteiger partial charge in [0.25, 0.3) is 0 Å². The molecule has 2 aromatic heterocycles. The van der Waals surface area contributed by atoms with E-state index in [1.807, 2.05) is 48.0 Å². The number of carbonyl (C=O) groups is 1. The number of alkyl halides is 3. The van der Waals surface area contributed by atoms with Crippen molar-refractivity contribution in [2.45, 2.75) is 19.1 Å². The van der Waals surface area contributed by atoms with Gasteiger partial charge in [-0.1, -0.05) is 12.1 Å². The van der Waals surface area contributed by atoms with Gasteiger partial charge in [0.05, 0.1) is 30.7 Å². The maximum Gasteiger partial charge on any atom is 0.416 e. The molecule has 10 heteroatoms. The number of hydrogen-bond donors (Lipinski definition) is 2. The number of methoxy groups -OCH3 is 1. The van der Waals surface area contributed by atoms with Crippen molar-refractivity contribution in [3.8, 4) is 5.75 Å². The summed E-state index contributed by atoms with van der Waals surface area (Å²) in [4.78, 5) is 21.0. The topological polar surface area (TPSA) is 81.1 Å². The summed E-state index contributed by atoms with van der Waals surface area (Å²) < 4.78 is 46.4. The van der Waals surface area contributed by atoms with E-state index >= 15 is 0 Å². The van der Waals surface area contributed by atoms with Crippen molar-refractivity contribution in [2.75, 3.05) is 17.7 Å². The van der Waals surface area contributed by atoms with Crippen molar-refractivity contribution < 1.29 is 22.7 Å². The van der Waals surface area contributed by atoms with Crippen LogP contribution >= 0.6 is 0 Å². The summed E-state index contributed by atoms with van der Waals surface area (Å²) in [5.74, 6) is 0.108. The van der Waals surface area contributed by atoms with Gasteiger partial charge in [0.1, 0.15) is 5.75 Å². The molecule has 1 atom stereocenters. The Morgan fingerprint density at radius 2 is 1.69 bits per heavy atom. The van der Waals surface area contributed by atoms with Crippen LogP contribution in [0.4, 0.5) is 29.3 Å². The van der Waals surface area contributed by atoms with E-state index in [4.69, 9.17) is 4.74 Å². The number of halogens is 3. The highest BCUT2D eigenvalue weighted by atomic mass is 19.4. The maximum absolute atomic E-state index is 13.1. The van der Waals surface area contributed by atoms with E-state index in [-0.39, 0.29) is 17.5 Å². The zero-order valence-corrected chi connectivity index (χ0v) is 18.9. The number of benzene rings is 2. The summed E-state index contributed by atoms with van der Waals surface area (Å²) >= 11 is 0. The average molecular weight is 481 g/mol. The number of carbonyl (C=O) groups excluding carboxylic acids is 1. The Hall–Kier alpha value is -4.34. The van der Waals surface area contributed by atoms with Crippen molar-refractivity contribution in [2.24, 2.45) is 0 Å². The Balaban J connectivity index is 1.62. The minimum atomic E-state index is -4.56. The summed E-state index contributed by atoms with van der Waals surface area (Å²) in [6.45, 7) is 1.82. The first-order valence-electron chi connectivity index (χ1n) is 10.6. The number of urea groups is 1. The van der Waals surface area contributed by atoms with Crippen LogP contribution in [0.25, 0.3) is 0 Å². The number of rotatable bonds is 6. The molecule has 0 bridgehead atoms. The molecule has 0 saturated heterocycles. The van der Waals surface area contributed by atoms with Crippen LogP contribution in [-0.2, 0) is 6.18 Å². The number of ether oxygens (including phenoxy) is 1. The summed E-state index contributed by atoms with van der Waals surface area (Å²) in [5.41, 5.74) is 2.12. The van der Waals surface area contributed by atoms with Crippen LogP contribution in [-0.4, -0.2) is 27.7 Å². The van der Waals surface area contributed by atoms with Gasteiger partial charge in [0, 0.05) is 30.5 Å². The van der Waals surface area contributed by atoms with Gasteiger partial charge in [-0.2, -0.15) is 13.2 Å². The molecule has 2 amide bonds. The van der Waals surface area contributed by atoms with Gasteiger partial charge in [-0.05, 0) is 60.0 Å². The molecule has 1 unspecified atom stereocenters. The van der Waals surface area contributed by atoms with E-state index in [1.54, 1.807) is 24.9 Å². The number of imidazole rings is 1. The molecular formula is C25H22F3N5O2. The van der Waals surface area contributed by atoms with E-state index < -0.39 is 17.8 Å². The highest BCUT2D eigenvalue weighted by Crippen LogP contribution is 2.35. The molecule has 2 heterocycles. The molecule has 2 aromatic carbocycles. The van der Waals surface area contributed by atoms with E-state index in [1.165, 1.54) is 7.11 Å². The summed E-state index contributed by atoms with van der Waals surface area (Å²) in [6, 6.07) is 11.4. The van der Waals surface area contributed by atoms with Crippen molar-refractivity contribution in [1.82, 2.24) is 14.5 Å². The van der Waals surface area contributed by atoms with Crippen LogP contribution in [0.1, 0.15) is 28.3 Å². The number of amides is 2. The maximum atomic E-state index is 13.1. The molecule has 7 nitrogen and oxygen atoms in total. The fourth-order valence-electron chi connectivity index (χ4n) is 3.71. The monoisotopic (exact) mass is 481 g/mol. The Kier molecular flexibility index (Phi) is 6.72. The Labute approximate surface area is 199 Å². The molecule has 0 radical (unpaired) electrons. The van der Waals surface area contributed by atoms with Crippen molar-refractivity contribution in [1.29, 1.82) is 0 Å². The lowest BCUT2D eigenvalue weighted by Crippen LogP contribution is -2.21.